The SMILES string of the molecule is Brc1cccc(-n2nncc2C2CC2)n1. The number of nitrogens with zero attached hydrogens (tertiary/aromatic N) is 4. The van der Waals surface area contributed by atoms with Gasteiger partial charge < -0.3 is 0 Å². The molecule has 0 atom stereocenters. The third kappa shape index (κ3) is 1.67. The first-order valence-electron chi connectivity index (χ1n) is 4.88. The third-order valence-electron chi connectivity index (χ3n) is 2.49. The first-order chi connectivity index (χ1) is 7.34. The highest BCUT2D eigenvalue weighted by Crippen LogP contribution is 2.40. The van der Waals surface area contributed by atoms with E-state index in [1.165, 1.54) is 18.5 Å². The molecule has 0 bridgehead atoms. The van der Waals surface area contributed by atoms with Crippen LogP contribution in [0.3, 0.4) is 0 Å². The molecule has 0 saturated heterocycles. The van der Waals surface area contributed by atoms with E-state index in [2.05, 4.69) is 31.2 Å². The third-order valence-corrected chi connectivity index (χ3v) is 2.93. The Kier molecular flexibility index (Phi) is 2.05. The largest absolute Gasteiger partial charge is 0.222 e. The number of pyridine rings is 1. The molecular formula is C10H9BrN4. The fourth-order valence-corrected chi connectivity index (χ4v) is 1.93. The van der Waals surface area contributed by atoms with Crippen molar-refractivity contribution >= 4 is 15.9 Å². The van der Waals surface area contributed by atoms with E-state index in [1.54, 1.807) is 0 Å². The van der Waals surface area contributed by atoms with Crippen molar-refractivity contribution in [1.82, 2.24) is 20.0 Å². The summed E-state index contributed by atoms with van der Waals surface area (Å²) in [5.41, 5.74) is 1.17. The monoisotopic (exact) mass is 264 g/mol. The van der Waals surface area contributed by atoms with Gasteiger partial charge in [-0.05, 0) is 40.9 Å². The van der Waals surface area contributed by atoms with Gasteiger partial charge in [0.15, 0.2) is 5.82 Å². The molecule has 1 aliphatic carbocycles. The molecule has 0 radical (unpaired) electrons. The van der Waals surface area contributed by atoms with Crippen LogP contribution in [0.1, 0.15) is 24.5 Å². The second-order valence-electron chi connectivity index (χ2n) is 3.66. The van der Waals surface area contributed by atoms with E-state index >= 15 is 0 Å². The van der Waals surface area contributed by atoms with Crippen molar-refractivity contribution in [2.45, 2.75) is 18.8 Å². The van der Waals surface area contributed by atoms with Crippen LogP contribution < -0.4 is 0 Å². The smallest absolute Gasteiger partial charge is 0.156 e. The molecule has 15 heavy (non-hydrogen) atoms. The van der Waals surface area contributed by atoms with Crippen LogP contribution in [0.15, 0.2) is 29.0 Å². The molecule has 2 aromatic heterocycles. The van der Waals surface area contributed by atoms with Crippen LogP contribution in [-0.2, 0) is 0 Å². The lowest BCUT2D eigenvalue weighted by Gasteiger charge is -2.03. The molecule has 76 valence electrons. The number of halogens is 1. The van der Waals surface area contributed by atoms with Crippen LogP contribution in [0.4, 0.5) is 0 Å². The average Bonchev–Trinajstić information content (AvgIpc) is 2.96. The van der Waals surface area contributed by atoms with Gasteiger partial charge in [-0.25, -0.2) is 4.98 Å². The van der Waals surface area contributed by atoms with Crippen molar-refractivity contribution in [3.63, 3.8) is 0 Å². The lowest BCUT2D eigenvalue weighted by molar-refractivity contribution is 0.742. The van der Waals surface area contributed by atoms with Gasteiger partial charge in [0, 0.05) is 5.92 Å². The predicted octanol–water partition coefficient (Wildman–Crippen LogP) is 2.30. The first-order valence-corrected chi connectivity index (χ1v) is 5.67. The van der Waals surface area contributed by atoms with E-state index in [1.807, 2.05) is 29.1 Å². The van der Waals surface area contributed by atoms with Crippen LogP contribution in [0.25, 0.3) is 5.82 Å². The molecule has 0 aliphatic heterocycles. The summed E-state index contributed by atoms with van der Waals surface area (Å²) in [5.74, 6) is 1.45. The van der Waals surface area contributed by atoms with Crippen LogP contribution >= 0.6 is 15.9 Å². The quantitative estimate of drug-likeness (QED) is 0.782. The average molecular weight is 265 g/mol. The molecule has 0 N–H and O–H groups in total. The molecule has 0 unspecified atom stereocenters. The van der Waals surface area contributed by atoms with Crippen molar-refractivity contribution in [1.29, 1.82) is 0 Å². The van der Waals surface area contributed by atoms with Gasteiger partial charge in [0.05, 0.1) is 11.9 Å². The van der Waals surface area contributed by atoms with E-state index in [-0.39, 0.29) is 0 Å². The summed E-state index contributed by atoms with van der Waals surface area (Å²) in [4.78, 5) is 4.36. The highest BCUT2D eigenvalue weighted by molar-refractivity contribution is 9.10. The molecule has 1 aliphatic rings. The van der Waals surface area contributed by atoms with Crippen LogP contribution in [-0.4, -0.2) is 20.0 Å². The van der Waals surface area contributed by atoms with E-state index in [0.29, 0.717) is 5.92 Å². The number of hydrogen-bond donors (Lipinski definition) is 0. The van der Waals surface area contributed by atoms with Crippen molar-refractivity contribution < 1.29 is 0 Å². The summed E-state index contributed by atoms with van der Waals surface area (Å²) in [5, 5.41) is 8.02. The van der Waals surface area contributed by atoms with Gasteiger partial charge in [-0.3, -0.25) is 0 Å². The Morgan fingerprint density at radius 2 is 2.20 bits per heavy atom. The van der Waals surface area contributed by atoms with Crippen molar-refractivity contribution in [2.24, 2.45) is 0 Å². The zero-order valence-electron chi connectivity index (χ0n) is 7.97. The van der Waals surface area contributed by atoms with E-state index < -0.39 is 0 Å². The van der Waals surface area contributed by atoms with Gasteiger partial charge in [0.25, 0.3) is 0 Å². The molecule has 4 nitrogen and oxygen atoms in total. The molecule has 0 spiro atoms. The molecule has 0 amide bonds. The van der Waals surface area contributed by atoms with Crippen molar-refractivity contribution in [3.8, 4) is 5.82 Å². The highest BCUT2D eigenvalue weighted by Gasteiger charge is 2.28. The maximum atomic E-state index is 4.36. The fourth-order valence-electron chi connectivity index (χ4n) is 1.59. The van der Waals surface area contributed by atoms with Gasteiger partial charge in [0.2, 0.25) is 0 Å². The maximum absolute atomic E-state index is 4.36. The summed E-state index contributed by atoms with van der Waals surface area (Å²) in [6.45, 7) is 0. The van der Waals surface area contributed by atoms with Gasteiger partial charge in [-0.2, -0.15) is 4.68 Å². The number of aromatic nitrogens is 4. The fraction of sp³-hybridized carbons (Fsp3) is 0.300. The summed E-state index contributed by atoms with van der Waals surface area (Å²) >= 11 is 3.35. The zero-order chi connectivity index (χ0) is 10.3. The van der Waals surface area contributed by atoms with Crippen molar-refractivity contribution in [2.75, 3.05) is 0 Å². The normalized spacial score (nSPS) is 15.5. The zero-order valence-corrected chi connectivity index (χ0v) is 9.55. The van der Waals surface area contributed by atoms with Gasteiger partial charge >= 0.3 is 0 Å². The lowest BCUT2D eigenvalue weighted by atomic mass is 10.3. The van der Waals surface area contributed by atoms with Crippen LogP contribution in [0, 0.1) is 0 Å². The molecule has 5 heteroatoms. The highest BCUT2D eigenvalue weighted by atomic mass is 79.9. The van der Waals surface area contributed by atoms with Gasteiger partial charge in [-0.15, -0.1) is 5.10 Å². The Balaban J connectivity index is 2.07. The molecule has 1 fully saturated rings. The molecular weight excluding hydrogens is 256 g/mol. The minimum atomic E-state index is 0.626. The Morgan fingerprint density at radius 3 is 2.93 bits per heavy atom. The molecule has 3 rings (SSSR count). The lowest BCUT2D eigenvalue weighted by Crippen LogP contribution is -2.03. The van der Waals surface area contributed by atoms with E-state index in [9.17, 15) is 0 Å². The second kappa shape index (κ2) is 3.41. The molecule has 1 saturated carbocycles. The van der Waals surface area contributed by atoms with Gasteiger partial charge in [-0.1, -0.05) is 11.3 Å². The van der Waals surface area contributed by atoms with E-state index in [0.717, 1.165) is 10.4 Å². The first kappa shape index (κ1) is 9.03. The maximum Gasteiger partial charge on any atom is 0.156 e. The van der Waals surface area contributed by atoms with E-state index in [4.69, 9.17) is 0 Å². The topological polar surface area (TPSA) is 43.6 Å². The summed E-state index contributed by atoms with van der Waals surface area (Å²) in [6.07, 6.45) is 4.31. The molecule has 2 aromatic rings. The van der Waals surface area contributed by atoms with Crippen LogP contribution in [0.5, 0.6) is 0 Å². The van der Waals surface area contributed by atoms with Gasteiger partial charge in [0.1, 0.15) is 4.60 Å². The second-order valence-corrected chi connectivity index (χ2v) is 4.48. The number of hydrogen-bond acceptors (Lipinski definition) is 3. The molecule has 2 heterocycles. The molecule has 0 aromatic carbocycles. The predicted molar refractivity (Wildman–Crippen MR) is 58.8 cm³/mol. The Bertz CT molecular complexity index is 490. The minimum absolute atomic E-state index is 0.626. The Labute approximate surface area is 95.5 Å². The Morgan fingerprint density at radius 1 is 1.33 bits per heavy atom. The van der Waals surface area contributed by atoms with Crippen molar-refractivity contribution in [3.05, 3.63) is 34.7 Å². The minimum Gasteiger partial charge on any atom is -0.222 e. The standard InChI is InChI=1S/C10H9BrN4/c11-9-2-1-3-10(13-9)15-8(6-12-14-15)7-4-5-7/h1-3,6-7H,4-5H2. The summed E-state index contributed by atoms with van der Waals surface area (Å²) in [7, 11) is 0. The summed E-state index contributed by atoms with van der Waals surface area (Å²) in [6, 6.07) is 5.79. The number of rotatable bonds is 2. The van der Waals surface area contributed by atoms with Crippen LogP contribution in [0.2, 0.25) is 0 Å². The Hall–Kier alpha value is -1.23. The summed E-state index contributed by atoms with van der Waals surface area (Å²) < 4.78 is 2.64.